The summed E-state index contributed by atoms with van der Waals surface area (Å²) in [4.78, 5) is 19.3. The first-order valence-electron chi connectivity index (χ1n) is 10.9. The quantitative estimate of drug-likeness (QED) is 0.566. The summed E-state index contributed by atoms with van der Waals surface area (Å²) in [7, 11) is 0. The lowest BCUT2D eigenvalue weighted by Gasteiger charge is -2.28. The highest BCUT2D eigenvalue weighted by atomic mass is 16.4. The van der Waals surface area contributed by atoms with Gasteiger partial charge in [-0.25, -0.2) is 4.98 Å². The Labute approximate surface area is 178 Å². The van der Waals surface area contributed by atoms with Crippen LogP contribution in [-0.2, 0) is 11.2 Å². The number of rotatable bonds is 9. The third-order valence-corrected chi connectivity index (χ3v) is 5.66. The van der Waals surface area contributed by atoms with E-state index in [9.17, 15) is 4.79 Å². The van der Waals surface area contributed by atoms with Crippen LogP contribution in [0.2, 0.25) is 0 Å². The molecule has 0 radical (unpaired) electrons. The number of hydrogen-bond donors (Lipinski definition) is 1. The topological polar surface area (TPSA) is 58.4 Å². The standard InChI is InChI=1S/C25H29N3O2/c29-24(14-9-15-25-27-19-23(30-25)21-12-5-2-6-13-21)26-18-22(28-16-7-8-17-28)20-10-3-1-4-11-20/h1-6,10-13,19,22H,7-9,14-18H2,(H,26,29). The second kappa shape index (κ2) is 10.2. The van der Waals surface area contributed by atoms with Crippen LogP contribution in [0, 0.1) is 0 Å². The number of oxazole rings is 1. The van der Waals surface area contributed by atoms with Crippen molar-refractivity contribution >= 4 is 5.91 Å². The van der Waals surface area contributed by atoms with Crippen molar-refractivity contribution in [2.75, 3.05) is 19.6 Å². The second-order valence-corrected chi connectivity index (χ2v) is 7.81. The number of hydrogen-bond acceptors (Lipinski definition) is 4. The molecule has 1 fully saturated rings. The summed E-state index contributed by atoms with van der Waals surface area (Å²) in [5.74, 6) is 1.54. The molecule has 1 unspecified atom stereocenters. The van der Waals surface area contributed by atoms with Gasteiger partial charge in [0.05, 0.1) is 12.2 Å². The van der Waals surface area contributed by atoms with Crippen LogP contribution in [0.5, 0.6) is 0 Å². The molecule has 1 aliphatic heterocycles. The number of carbonyl (C=O) groups is 1. The molecule has 1 atom stereocenters. The molecule has 5 nitrogen and oxygen atoms in total. The maximum atomic E-state index is 12.4. The van der Waals surface area contributed by atoms with Gasteiger partial charge in [-0.15, -0.1) is 0 Å². The van der Waals surface area contributed by atoms with Crippen LogP contribution in [-0.4, -0.2) is 35.4 Å². The van der Waals surface area contributed by atoms with Gasteiger partial charge >= 0.3 is 0 Å². The summed E-state index contributed by atoms with van der Waals surface area (Å²) >= 11 is 0. The summed E-state index contributed by atoms with van der Waals surface area (Å²) in [5.41, 5.74) is 2.29. The van der Waals surface area contributed by atoms with Gasteiger partial charge in [0.25, 0.3) is 0 Å². The number of aryl methyl sites for hydroxylation is 1. The van der Waals surface area contributed by atoms with Crippen LogP contribution in [0.25, 0.3) is 11.3 Å². The molecule has 1 N–H and O–H groups in total. The zero-order chi connectivity index (χ0) is 20.6. The van der Waals surface area contributed by atoms with Gasteiger partial charge in [-0.1, -0.05) is 60.7 Å². The van der Waals surface area contributed by atoms with Crippen molar-refractivity contribution in [1.29, 1.82) is 0 Å². The molecule has 1 aliphatic rings. The zero-order valence-electron chi connectivity index (χ0n) is 17.3. The van der Waals surface area contributed by atoms with Crippen LogP contribution in [0.3, 0.4) is 0 Å². The Morgan fingerprint density at radius 1 is 1.03 bits per heavy atom. The first kappa shape index (κ1) is 20.4. The van der Waals surface area contributed by atoms with Crippen molar-refractivity contribution in [3.8, 4) is 11.3 Å². The smallest absolute Gasteiger partial charge is 0.220 e. The van der Waals surface area contributed by atoms with Crippen LogP contribution < -0.4 is 5.32 Å². The first-order chi connectivity index (χ1) is 14.8. The highest BCUT2D eigenvalue weighted by molar-refractivity contribution is 5.75. The molecule has 0 spiro atoms. The maximum Gasteiger partial charge on any atom is 0.220 e. The molecule has 5 heteroatoms. The van der Waals surface area contributed by atoms with Gasteiger partial charge in [-0.05, 0) is 37.9 Å². The predicted octanol–water partition coefficient (Wildman–Crippen LogP) is 4.62. The molecule has 1 amide bonds. The van der Waals surface area contributed by atoms with Crippen molar-refractivity contribution in [3.63, 3.8) is 0 Å². The van der Waals surface area contributed by atoms with E-state index in [2.05, 4.69) is 39.5 Å². The Morgan fingerprint density at radius 3 is 2.47 bits per heavy atom. The number of amides is 1. The molecule has 1 aromatic heterocycles. The average Bonchev–Trinajstić information content (AvgIpc) is 3.48. The highest BCUT2D eigenvalue weighted by Gasteiger charge is 2.23. The van der Waals surface area contributed by atoms with E-state index in [0.717, 1.165) is 30.8 Å². The third kappa shape index (κ3) is 5.36. The van der Waals surface area contributed by atoms with Gasteiger partial charge in [0, 0.05) is 24.9 Å². The van der Waals surface area contributed by atoms with E-state index in [4.69, 9.17) is 4.42 Å². The molecule has 0 bridgehead atoms. The number of nitrogens with one attached hydrogen (secondary N) is 1. The van der Waals surface area contributed by atoms with Gasteiger partial charge in [-0.2, -0.15) is 0 Å². The third-order valence-electron chi connectivity index (χ3n) is 5.66. The SMILES string of the molecule is O=C(CCCc1ncc(-c2ccccc2)o1)NCC(c1ccccc1)N1CCCC1. The lowest BCUT2D eigenvalue weighted by molar-refractivity contribution is -0.121. The van der Waals surface area contributed by atoms with Crippen LogP contribution in [0.4, 0.5) is 0 Å². The zero-order valence-corrected chi connectivity index (χ0v) is 17.3. The molecule has 4 rings (SSSR count). The Morgan fingerprint density at radius 2 is 1.73 bits per heavy atom. The van der Waals surface area contributed by atoms with E-state index < -0.39 is 0 Å². The molecule has 156 valence electrons. The summed E-state index contributed by atoms with van der Waals surface area (Å²) in [6.07, 6.45) is 6.08. The van der Waals surface area contributed by atoms with E-state index in [0.29, 0.717) is 25.3 Å². The minimum Gasteiger partial charge on any atom is -0.441 e. The van der Waals surface area contributed by atoms with E-state index in [1.807, 2.05) is 36.4 Å². The molecule has 30 heavy (non-hydrogen) atoms. The highest BCUT2D eigenvalue weighted by Crippen LogP contribution is 2.24. The van der Waals surface area contributed by atoms with E-state index in [1.165, 1.54) is 18.4 Å². The minimum absolute atomic E-state index is 0.0879. The van der Waals surface area contributed by atoms with Crippen LogP contribution in [0.15, 0.2) is 71.3 Å². The largest absolute Gasteiger partial charge is 0.441 e. The number of likely N-dealkylation sites (tertiary alicyclic amines) is 1. The van der Waals surface area contributed by atoms with Gasteiger partial charge in [0.2, 0.25) is 5.91 Å². The number of benzene rings is 2. The first-order valence-corrected chi connectivity index (χ1v) is 10.9. The summed E-state index contributed by atoms with van der Waals surface area (Å²) in [6.45, 7) is 2.85. The Balaban J connectivity index is 1.25. The molecule has 1 saturated heterocycles. The number of carbonyl (C=O) groups excluding carboxylic acids is 1. The normalized spacial score (nSPS) is 15.2. The second-order valence-electron chi connectivity index (χ2n) is 7.81. The van der Waals surface area contributed by atoms with Crippen molar-refractivity contribution in [2.24, 2.45) is 0 Å². The molecular weight excluding hydrogens is 374 g/mol. The number of aromatic nitrogens is 1. The lowest BCUT2D eigenvalue weighted by Crippen LogP contribution is -2.36. The van der Waals surface area contributed by atoms with Crippen molar-refractivity contribution in [2.45, 2.75) is 38.1 Å². The van der Waals surface area contributed by atoms with E-state index >= 15 is 0 Å². The Kier molecular flexibility index (Phi) is 6.93. The van der Waals surface area contributed by atoms with Gasteiger partial charge in [0.15, 0.2) is 11.7 Å². The summed E-state index contributed by atoms with van der Waals surface area (Å²) in [6, 6.07) is 20.7. The Bertz CT molecular complexity index is 918. The molecule has 2 heterocycles. The minimum atomic E-state index is 0.0879. The Hall–Kier alpha value is -2.92. The van der Waals surface area contributed by atoms with Gasteiger partial charge in [-0.3, -0.25) is 9.69 Å². The fraction of sp³-hybridized carbons (Fsp3) is 0.360. The number of nitrogens with zero attached hydrogens (tertiary/aromatic N) is 2. The summed E-state index contributed by atoms with van der Waals surface area (Å²) in [5, 5.41) is 3.14. The average molecular weight is 404 g/mol. The van der Waals surface area contributed by atoms with Crippen LogP contribution in [0.1, 0.15) is 43.2 Å². The fourth-order valence-corrected chi connectivity index (χ4v) is 4.05. The van der Waals surface area contributed by atoms with Crippen molar-refractivity contribution < 1.29 is 9.21 Å². The van der Waals surface area contributed by atoms with E-state index in [-0.39, 0.29) is 11.9 Å². The fourth-order valence-electron chi connectivity index (χ4n) is 4.05. The molecule has 0 saturated carbocycles. The van der Waals surface area contributed by atoms with Crippen LogP contribution >= 0.6 is 0 Å². The van der Waals surface area contributed by atoms with Crippen molar-refractivity contribution in [3.05, 3.63) is 78.3 Å². The van der Waals surface area contributed by atoms with Gasteiger partial charge in [0.1, 0.15) is 0 Å². The summed E-state index contributed by atoms with van der Waals surface area (Å²) < 4.78 is 5.83. The lowest BCUT2D eigenvalue weighted by atomic mass is 10.1. The maximum absolute atomic E-state index is 12.4. The molecule has 2 aromatic carbocycles. The van der Waals surface area contributed by atoms with Gasteiger partial charge < -0.3 is 9.73 Å². The molecular formula is C25H29N3O2. The van der Waals surface area contributed by atoms with Crippen molar-refractivity contribution in [1.82, 2.24) is 15.2 Å². The molecule has 3 aromatic rings. The predicted molar refractivity (Wildman–Crippen MR) is 118 cm³/mol. The van der Waals surface area contributed by atoms with E-state index in [1.54, 1.807) is 6.20 Å². The molecule has 0 aliphatic carbocycles. The monoisotopic (exact) mass is 403 g/mol.